The number of fused-ring (bicyclic) bond motifs is 1. The number of pyridine rings is 1. The van der Waals surface area contributed by atoms with E-state index < -0.39 is 0 Å². The molecular weight excluding hydrogens is 232 g/mol. The van der Waals surface area contributed by atoms with Gasteiger partial charge in [0.2, 0.25) is 0 Å². The lowest BCUT2D eigenvalue weighted by Gasteiger charge is -2.19. The Morgan fingerprint density at radius 2 is 2.11 bits per heavy atom. The fraction of sp³-hybridized carbons (Fsp3) is 0.471. The second kappa shape index (κ2) is 4.52. The number of hydrogen-bond donors (Lipinski definition) is 1. The summed E-state index contributed by atoms with van der Waals surface area (Å²) >= 11 is 0. The van der Waals surface area contributed by atoms with Crippen molar-refractivity contribution >= 4 is 16.6 Å². The molecule has 2 aromatic rings. The maximum Gasteiger partial charge on any atom is 0.0751 e. The maximum atomic E-state index is 4.50. The van der Waals surface area contributed by atoms with Crippen LogP contribution in [0.1, 0.15) is 38.7 Å². The number of nitrogens with zero attached hydrogens (tertiary/aromatic N) is 1. The molecule has 1 aromatic heterocycles. The predicted molar refractivity (Wildman–Crippen MR) is 81.5 cm³/mol. The lowest BCUT2D eigenvalue weighted by molar-refractivity contribution is 0.378. The van der Waals surface area contributed by atoms with Crippen LogP contribution in [-0.4, -0.2) is 11.0 Å². The van der Waals surface area contributed by atoms with Gasteiger partial charge in [-0.15, -0.1) is 0 Å². The summed E-state index contributed by atoms with van der Waals surface area (Å²) in [5.41, 5.74) is 4.07. The molecule has 3 rings (SSSR count). The van der Waals surface area contributed by atoms with Gasteiger partial charge in [0.05, 0.1) is 5.52 Å². The van der Waals surface area contributed by atoms with Gasteiger partial charge in [-0.2, -0.15) is 0 Å². The van der Waals surface area contributed by atoms with Gasteiger partial charge in [0.15, 0.2) is 0 Å². The van der Waals surface area contributed by atoms with Crippen molar-refractivity contribution in [2.45, 2.75) is 46.1 Å². The maximum absolute atomic E-state index is 4.50. The molecule has 1 atom stereocenters. The average molecular weight is 254 g/mol. The highest BCUT2D eigenvalue weighted by atomic mass is 14.9. The van der Waals surface area contributed by atoms with E-state index in [2.05, 4.69) is 49.3 Å². The third kappa shape index (κ3) is 2.44. The van der Waals surface area contributed by atoms with E-state index in [0.29, 0.717) is 11.5 Å². The molecule has 1 fully saturated rings. The molecule has 19 heavy (non-hydrogen) atoms. The normalized spacial score (nSPS) is 21.7. The van der Waals surface area contributed by atoms with Crippen LogP contribution in [0.2, 0.25) is 0 Å². The van der Waals surface area contributed by atoms with Gasteiger partial charge >= 0.3 is 0 Å². The third-order valence-electron chi connectivity index (χ3n) is 4.30. The van der Waals surface area contributed by atoms with Crippen LogP contribution in [0, 0.1) is 12.3 Å². The Hall–Kier alpha value is -1.57. The summed E-state index contributed by atoms with van der Waals surface area (Å²) < 4.78 is 0. The van der Waals surface area contributed by atoms with Gasteiger partial charge in [-0.05, 0) is 55.4 Å². The van der Waals surface area contributed by atoms with E-state index >= 15 is 0 Å². The fourth-order valence-electron chi connectivity index (χ4n) is 3.22. The minimum absolute atomic E-state index is 0.483. The van der Waals surface area contributed by atoms with Gasteiger partial charge in [-0.3, -0.25) is 4.98 Å². The minimum atomic E-state index is 0.483. The Bertz CT molecular complexity index is 601. The third-order valence-corrected chi connectivity index (χ3v) is 4.30. The molecule has 1 unspecified atom stereocenters. The van der Waals surface area contributed by atoms with Crippen LogP contribution in [0.25, 0.3) is 10.9 Å². The van der Waals surface area contributed by atoms with Crippen LogP contribution in [0.5, 0.6) is 0 Å². The van der Waals surface area contributed by atoms with E-state index in [1.54, 1.807) is 0 Å². The highest BCUT2D eigenvalue weighted by Crippen LogP contribution is 2.39. The Kier molecular flexibility index (Phi) is 2.96. The molecule has 1 aliphatic rings. The highest BCUT2D eigenvalue weighted by molar-refractivity contribution is 5.93. The van der Waals surface area contributed by atoms with Crippen LogP contribution >= 0.6 is 0 Å². The smallest absolute Gasteiger partial charge is 0.0751 e. The first-order valence-electron chi connectivity index (χ1n) is 7.16. The summed E-state index contributed by atoms with van der Waals surface area (Å²) in [4.78, 5) is 4.50. The minimum Gasteiger partial charge on any atom is -0.382 e. The van der Waals surface area contributed by atoms with Crippen molar-refractivity contribution in [2.24, 2.45) is 5.41 Å². The monoisotopic (exact) mass is 254 g/mol. The van der Waals surface area contributed by atoms with Gasteiger partial charge in [-0.1, -0.05) is 19.9 Å². The zero-order valence-corrected chi connectivity index (χ0v) is 12.0. The van der Waals surface area contributed by atoms with E-state index in [0.717, 1.165) is 5.52 Å². The van der Waals surface area contributed by atoms with E-state index in [4.69, 9.17) is 0 Å². The van der Waals surface area contributed by atoms with Gasteiger partial charge in [0.25, 0.3) is 0 Å². The van der Waals surface area contributed by atoms with Gasteiger partial charge in [0.1, 0.15) is 0 Å². The molecule has 0 spiro atoms. The summed E-state index contributed by atoms with van der Waals surface area (Å²) in [5, 5.41) is 4.97. The van der Waals surface area contributed by atoms with Crippen molar-refractivity contribution in [3.8, 4) is 0 Å². The summed E-state index contributed by atoms with van der Waals surface area (Å²) in [6.07, 6.45) is 5.70. The van der Waals surface area contributed by atoms with E-state index in [9.17, 15) is 0 Å². The number of nitrogens with one attached hydrogen (secondary N) is 1. The first-order valence-corrected chi connectivity index (χ1v) is 7.16. The zero-order valence-electron chi connectivity index (χ0n) is 12.0. The zero-order chi connectivity index (χ0) is 13.5. The second-order valence-corrected chi connectivity index (χ2v) is 6.58. The number of hydrogen-bond acceptors (Lipinski definition) is 2. The van der Waals surface area contributed by atoms with Gasteiger partial charge in [-0.25, -0.2) is 0 Å². The Morgan fingerprint density at radius 3 is 2.84 bits per heavy atom. The predicted octanol–water partition coefficient (Wildman–Crippen LogP) is 4.53. The molecule has 2 heteroatoms. The SMILES string of the molecule is Cc1ccc(NC2CCC(C)(C)C2)c2cccnc12. The van der Waals surface area contributed by atoms with Crippen LogP contribution < -0.4 is 5.32 Å². The molecule has 100 valence electrons. The van der Waals surface area contributed by atoms with E-state index in [-0.39, 0.29) is 0 Å². The molecule has 1 heterocycles. The first kappa shape index (κ1) is 12.5. The molecule has 0 aliphatic heterocycles. The van der Waals surface area contributed by atoms with Crippen molar-refractivity contribution in [1.29, 1.82) is 0 Å². The molecule has 0 bridgehead atoms. The molecule has 1 saturated carbocycles. The van der Waals surface area contributed by atoms with Crippen LogP contribution in [-0.2, 0) is 0 Å². The Balaban J connectivity index is 1.92. The van der Waals surface area contributed by atoms with E-state index in [1.165, 1.54) is 35.9 Å². The molecule has 1 aliphatic carbocycles. The van der Waals surface area contributed by atoms with Crippen LogP contribution in [0.3, 0.4) is 0 Å². The largest absolute Gasteiger partial charge is 0.382 e. The first-order chi connectivity index (χ1) is 9.05. The highest BCUT2D eigenvalue weighted by Gasteiger charge is 2.30. The Morgan fingerprint density at radius 1 is 1.26 bits per heavy atom. The van der Waals surface area contributed by atoms with Crippen LogP contribution in [0.4, 0.5) is 5.69 Å². The fourth-order valence-corrected chi connectivity index (χ4v) is 3.22. The van der Waals surface area contributed by atoms with Crippen LogP contribution in [0.15, 0.2) is 30.5 Å². The standard InChI is InChI=1S/C17H22N2/c1-12-6-7-15(14-5-4-10-18-16(12)14)19-13-8-9-17(2,3)11-13/h4-7,10,13,19H,8-9,11H2,1-3H3. The van der Waals surface area contributed by atoms with Crippen molar-refractivity contribution in [2.75, 3.05) is 5.32 Å². The van der Waals surface area contributed by atoms with E-state index in [1.807, 2.05) is 12.3 Å². The lowest BCUT2D eigenvalue weighted by Crippen LogP contribution is -2.17. The summed E-state index contributed by atoms with van der Waals surface area (Å²) in [6.45, 7) is 6.85. The van der Waals surface area contributed by atoms with Gasteiger partial charge in [0, 0.05) is 23.3 Å². The average Bonchev–Trinajstić information content (AvgIpc) is 2.73. The molecular formula is C17H22N2. The quantitative estimate of drug-likeness (QED) is 0.851. The summed E-state index contributed by atoms with van der Waals surface area (Å²) in [7, 11) is 0. The topological polar surface area (TPSA) is 24.9 Å². The molecule has 0 saturated heterocycles. The summed E-state index contributed by atoms with van der Waals surface area (Å²) in [5.74, 6) is 0. The molecule has 0 radical (unpaired) electrons. The molecule has 2 nitrogen and oxygen atoms in total. The Labute approximate surface area is 115 Å². The molecule has 1 aromatic carbocycles. The number of aryl methyl sites for hydroxylation is 1. The van der Waals surface area contributed by atoms with Crippen molar-refractivity contribution in [3.63, 3.8) is 0 Å². The summed E-state index contributed by atoms with van der Waals surface area (Å²) in [6, 6.07) is 9.15. The second-order valence-electron chi connectivity index (χ2n) is 6.58. The molecule has 1 N–H and O–H groups in total. The lowest BCUT2D eigenvalue weighted by atomic mass is 9.92. The molecule has 0 amide bonds. The van der Waals surface area contributed by atoms with Crippen molar-refractivity contribution in [3.05, 3.63) is 36.0 Å². The van der Waals surface area contributed by atoms with Crippen molar-refractivity contribution in [1.82, 2.24) is 4.98 Å². The number of rotatable bonds is 2. The van der Waals surface area contributed by atoms with Crippen molar-refractivity contribution < 1.29 is 0 Å². The number of aromatic nitrogens is 1. The van der Waals surface area contributed by atoms with Gasteiger partial charge < -0.3 is 5.32 Å². The number of benzene rings is 1. The number of anilines is 1.